The van der Waals surface area contributed by atoms with Crippen LogP contribution < -0.4 is 10.5 Å². The lowest BCUT2D eigenvalue weighted by molar-refractivity contribution is -0.204. The van der Waals surface area contributed by atoms with E-state index >= 15 is 0 Å². The molecule has 0 saturated carbocycles. The predicted octanol–water partition coefficient (Wildman–Crippen LogP) is 1.26. The number of hydrogen-bond donors (Lipinski definition) is 2. The quantitative estimate of drug-likeness (QED) is 0.571. The van der Waals surface area contributed by atoms with Gasteiger partial charge in [-0.1, -0.05) is 18.2 Å². The van der Waals surface area contributed by atoms with Crippen molar-refractivity contribution < 1.29 is 33.6 Å². The molecule has 1 aromatic rings. The summed E-state index contributed by atoms with van der Waals surface area (Å²) in [7, 11) is 1.26. The molecule has 0 aliphatic carbocycles. The molecule has 1 aromatic carbocycles. The zero-order valence-corrected chi connectivity index (χ0v) is 14.7. The van der Waals surface area contributed by atoms with Gasteiger partial charge in [0.15, 0.2) is 6.10 Å². The Morgan fingerprint density at radius 3 is 2.77 bits per heavy atom. The van der Waals surface area contributed by atoms with Gasteiger partial charge in [0.25, 0.3) is 0 Å². The minimum atomic E-state index is -0.893. The van der Waals surface area contributed by atoms with Gasteiger partial charge in [-0.25, -0.2) is 4.79 Å². The average Bonchev–Trinajstić information content (AvgIpc) is 2.60. The SMILES string of the molecule is COC(=O)[C@@H]1C[C@H](OC(C)=O)C[C@H](Oc2ccc(/C=C/CO)cc2N)O1. The standard InChI is InChI=1S/C18H23NO7/c1-11(21)24-13-9-16(18(22)23-2)26-17(10-13)25-15-6-5-12(4-3-7-20)8-14(15)19/h3-6,8,13,16-17,20H,7,9-10,19H2,1-2H3/b4-3+/t13-,16-,17+/m0/s1. The van der Waals surface area contributed by atoms with Crippen LogP contribution in [0, 0.1) is 0 Å². The van der Waals surface area contributed by atoms with Gasteiger partial charge in [-0.15, -0.1) is 0 Å². The fraction of sp³-hybridized carbons (Fsp3) is 0.444. The van der Waals surface area contributed by atoms with Crippen molar-refractivity contribution in [2.24, 2.45) is 0 Å². The molecule has 142 valence electrons. The Labute approximate surface area is 151 Å². The van der Waals surface area contributed by atoms with E-state index in [-0.39, 0.29) is 19.4 Å². The van der Waals surface area contributed by atoms with E-state index < -0.39 is 30.4 Å². The first-order valence-corrected chi connectivity index (χ1v) is 8.17. The molecule has 3 atom stereocenters. The first-order chi connectivity index (χ1) is 12.4. The van der Waals surface area contributed by atoms with E-state index in [4.69, 9.17) is 29.8 Å². The number of ether oxygens (including phenoxy) is 4. The maximum Gasteiger partial charge on any atom is 0.335 e. The minimum absolute atomic E-state index is 0.0689. The van der Waals surface area contributed by atoms with Crippen molar-refractivity contribution in [3.05, 3.63) is 29.8 Å². The third-order valence-corrected chi connectivity index (χ3v) is 3.75. The van der Waals surface area contributed by atoms with E-state index in [9.17, 15) is 9.59 Å². The Kier molecular flexibility index (Phi) is 6.99. The molecule has 0 radical (unpaired) electrons. The molecule has 26 heavy (non-hydrogen) atoms. The fourth-order valence-corrected chi connectivity index (χ4v) is 2.64. The molecular formula is C18H23NO7. The molecule has 8 nitrogen and oxygen atoms in total. The number of anilines is 1. The van der Waals surface area contributed by atoms with E-state index in [0.717, 1.165) is 5.56 Å². The highest BCUT2D eigenvalue weighted by atomic mass is 16.7. The van der Waals surface area contributed by atoms with Gasteiger partial charge in [0.2, 0.25) is 6.29 Å². The zero-order valence-electron chi connectivity index (χ0n) is 14.7. The Hall–Kier alpha value is -2.58. The first-order valence-electron chi connectivity index (χ1n) is 8.17. The molecule has 2 rings (SSSR count). The van der Waals surface area contributed by atoms with Crippen molar-refractivity contribution in [1.29, 1.82) is 0 Å². The topological polar surface area (TPSA) is 117 Å². The summed E-state index contributed by atoms with van der Waals surface area (Å²) in [5.74, 6) is -0.630. The average molecular weight is 365 g/mol. The van der Waals surface area contributed by atoms with E-state index in [0.29, 0.717) is 11.4 Å². The number of benzene rings is 1. The first kappa shape index (κ1) is 19.7. The maximum absolute atomic E-state index is 11.8. The maximum atomic E-state index is 11.8. The molecule has 0 aromatic heterocycles. The molecule has 1 saturated heterocycles. The van der Waals surface area contributed by atoms with Crippen LogP contribution in [0.25, 0.3) is 6.08 Å². The molecule has 1 heterocycles. The number of methoxy groups -OCH3 is 1. The normalized spacial score (nSPS) is 22.8. The number of nitrogens with two attached hydrogens (primary N) is 1. The Morgan fingerprint density at radius 2 is 2.15 bits per heavy atom. The number of aliphatic hydroxyl groups is 1. The molecule has 0 spiro atoms. The largest absolute Gasteiger partial charge is 0.467 e. The summed E-state index contributed by atoms with van der Waals surface area (Å²) in [5.41, 5.74) is 7.17. The van der Waals surface area contributed by atoms with Crippen molar-refractivity contribution in [2.45, 2.75) is 38.3 Å². The Bertz CT molecular complexity index is 674. The van der Waals surface area contributed by atoms with E-state index in [1.165, 1.54) is 14.0 Å². The van der Waals surface area contributed by atoms with Crippen molar-refractivity contribution in [2.75, 3.05) is 19.5 Å². The van der Waals surface area contributed by atoms with E-state index in [1.807, 2.05) is 0 Å². The second-order valence-corrected chi connectivity index (χ2v) is 5.78. The summed E-state index contributed by atoms with van der Waals surface area (Å²) in [6, 6.07) is 5.12. The van der Waals surface area contributed by atoms with E-state index in [1.54, 1.807) is 30.4 Å². The van der Waals surface area contributed by atoms with Crippen LogP contribution in [0.2, 0.25) is 0 Å². The Morgan fingerprint density at radius 1 is 1.38 bits per heavy atom. The molecule has 1 aliphatic heterocycles. The van der Waals surface area contributed by atoms with Crippen molar-refractivity contribution in [3.8, 4) is 5.75 Å². The number of aliphatic hydroxyl groups excluding tert-OH is 1. The van der Waals surface area contributed by atoms with Gasteiger partial charge in [-0.2, -0.15) is 0 Å². The lowest BCUT2D eigenvalue weighted by Gasteiger charge is -2.33. The number of esters is 2. The van der Waals surface area contributed by atoms with Crippen molar-refractivity contribution >= 4 is 23.7 Å². The van der Waals surface area contributed by atoms with Crippen LogP contribution in [0.4, 0.5) is 5.69 Å². The summed E-state index contributed by atoms with van der Waals surface area (Å²) in [5, 5.41) is 8.81. The molecule has 3 N–H and O–H groups in total. The van der Waals surface area contributed by atoms with Gasteiger partial charge in [0.1, 0.15) is 11.9 Å². The highest BCUT2D eigenvalue weighted by Crippen LogP contribution is 2.29. The lowest BCUT2D eigenvalue weighted by atomic mass is 10.0. The fourth-order valence-electron chi connectivity index (χ4n) is 2.64. The van der Waals surface area contributed by atoms with Crippen LogP contribution in [-0.2, 0) is 23.8 Å². The number of hydrogen-bond acceptors (Lipinski definition) is 8. The summed E-state index contributed by atoms with van der Waals surface area (Å²) in [4.78, 5) is 23.0. The highest BCUT2D eigenvalue weighted by molar-refractivity contribution is 5.75. The third-order valence-electron chi connectivity index (χ3n) is 3.75. The third kappa shape index (κ3) is 5.47. The smallest absolute Gasteiger partial charge is 0.335 e. The predicted molar refractivity (Wildman–Crippen MR) is 93.1 cm³/mol. The molecule has 0 unspecified atom stereocenters. The van der Waals surface area contributed by atoms with Crippen LogP contribution in [-0.4, -0.2) is 49.3 Å². The second kappa shape index (κ2) is 9.21. The summed E-state index contributed by atoms with van der Waals surface area (Å²) in [6.07, 6.45) is 1.54. The van der Waals surface area contributed by atoms with Gasteiger partial charge in [-0.05, 0) is 17.7 Å². The van der Waals surface area contributed by atoms with Crippen LogP contribution in [0.1, 0.15) is 25.3 Å². The summed E-state index contributed by atoms with van der Waals surface area (Å²) >= 11 is 0. The number of carbonyl (C=O) groups excluding carboxylic acids is 2. The van der Waals surface area contributed by atoms with Crippen LogP contribution in [0.5, 0.6) is 5.75 Å². The van der Waals surface area contributed by atoms with Crippen LogP contribution in [0.15, 0.2) is 24.3 Å². The lowest BCUT2D eigenvalue weighted by Crippen LogP contribution is -2.44. The van der Waals surface area contributed by atoms with Gasteiger partial charge < -0.3 is 29.8 Å². The summed E-state index contributed by atoms with van der Waals surface area (Å²) in [6.45, 7) is 1.23. The molecule has 0 bridgehead atoms. The van der Waals surface area contributed by atoms with Gasteiger partial charge in [0, 0.05) is 19.8 Å². The van der Waals surface area contributed by atoms with Crippen molar-refractivity contribution in [1.82, 2.24) is 0 Å². The number of carbonyl (C=O) groups is 2. The molecule has 0 amide bonds. The van der Waals surface area contributed by atoms with Crippen LogP contribution in [0.3, 0.4) is 0 Å². The number of nitrogen functional groups attached to an aromatic ring is 1. The summed E-state index contributed by atoms with van der Waals surface area (Å²) < 4.78 is 21.3. The minimum Gasteiger partial charge on any atom is -0.467 e. The van der Waals surface area contributed by atoms with Gasteiger partial charge in [-0.3, -0.25) is 4.79 Å². The second-order valence-electron chi connectivity index (χ2n) is 5.78. The molecule has 1 fully saturated rings. The van der Waals surface area contributed by atoms with Gasteiger partial charge >= 0.3 is 11.9 Å². The number of rotatable bonds is 6. The van der Waals surface area contributed by atoms with E-state index in [2.05, 4.69) is 0 Å². The van der Waals surface area contributed by atoms with Gasteiger partial charge in [0.05, 0.1) is 19.4 Å². The van der Waals surface area contributed by atoms with Crippen molar-refractivity contribution in [3.63, 3.8) is 0 Å². The monoisotopic (exact) mass is 365 g/mol. The molecule has 1 aliphatic rings. The molecule has 8 heteroatoms. The molecular weight excluding hydrogens is 342 g/mol. The van der Waals surface area contributed by atoms with Crippen LogP contribution >= 0.6 is 0 Å². The highest BCUT2D eigenvalue weighted by Gasteiger charge is 2.37. The zero-order chi connectivity index (χ0) is 19.1. The Balaban J connectivity index is 2.11.